The molecule has 0 bridgehead atoms. The number of hydrogen-bond acceptors (Lipinski definition) is 4. The SMILES string of the molecule is CN(C)CCCOc1ccccc1CCc1cc(CCN)cc(CCC(=O)O)c1. The van der Waals surface area contributed by atoms with Crippen LogP contribution in [0.5, 0.6) is 5.75 Å². The number of nitrogens with zero attached hydrogens (tertiary/aromatic N) is 1. The second kappa shape index (κ2) is 12.2. The Labute approximate surface area is 174 Å². The fourth-order valence-corrected chi connectivity index (χ4v) is 3.38. The number of carboxylic acid groups (broad SMARTS) is 1. The van der Waals surface area contributed by atoms with Crippen molar-refractivity contribution in [3.63, 3.8) is 0 Å². The van der Waals surface area contributed by atoms with Crippen LogP contribution in [0.15, 0.2) is 42.5 Å². The minimum atomic E-state index is -0.767. The first kappa shape index (κ1) is 22.9. The molecule has 0 aliphatic rings. The van der Waals surface area contributed by atoms with E-state index in [0.717, 1.165) is 43.5 Å². The van der Waals surface area contributed by atoms with Gasteiger partial charge in [0.15, 0.2) is 0 Å². The summed E-state index contributed by atoms with van der Waals surface area (Å²) in [6, 6.07) is 14.6. The molecular formula is C24H34N2O3. The third-order valence-electron chi connectivity index (χ3n) is 4.84. The van der Waals surface area contributed by atoms with Crippen molar-refractivity contribution in [2.24, 2.45) is 5.73 Å². The number of nitrogens with two attached hydrogens (primary N) is 1. The molecule has 0 saturated carbocycles. The van der Waals surface area contributed by atoms with Gasteiger partial charge in [0.2, 0.25) is 0 Å². The van der Waals surface area contributed by atoms with Crippen molar-refractivity contribution in [2.75, 3.05) is 33.8 Å². The molecule has 2 aromatic rings. The zero-order valence-electron chi connectivity index (χ0n) is 17.7. The Hall–Kier alpha value is -2.37. The van der Waals surface area contributed by atoms with E-state index < -0.39 is 5.97 Å². The molecule has 0 amide bonds. The lowest BCUT2D eigenvalue weighted by Crippen LogP contribution is -2.15. The molecular weight excluding hydrogens is 364 g/mol. The van der Waals surface area contributed by atoms with Crippen molar-refractivity contribution in [2.45, 2.75) is 38.5 Å². The molecule has 0 aromatic heterocycles. The molecule has 0 saturated heterocycles. The molecule has 2 rings (SSSR count). The minimum absolute atomic E-state index is 0.148. The second-order valence-electron chi connectivity index (χ2n) is 7.70. The molecule has 29 heavy (non-hydrogen) atoms. The Morgan fingerprint density at radius 1 is 1.00 bits per heavy atom. The van der Waals surface area contributed by atoms with Crippen LogP contribution >= 0.6 is 0 Å². The maximum absolute atomic E-state index is 10.9. The number of aryl methyl sites for hydroxylation is 3. The number of aliphatic carboxylic acids is 1. The van der Waals surface area contributed by atoms with Crippen LogP contribution < -0.4 is 10.5 Å². The van der Waals surface area contributed by atoms with Crippen LogP contribution in [0.4, 0.5) is 0 Å². The quantitative estimate of drug-likeness (QED) is 0.506. The molecule has 0 radical (unpaired) electrons. The highest BCUT2D eigenvalue weighted by atomic mass is 16.5. The van der Waals surface area contributed by atoms with E-state index in [1.807, 2.05) is 18.2 Å². The van der Waals surface area contributed by atoms with Crippen molar-refractivity contribution in [3.8, 4) is 5.75 Å². The van der Waals surface area contributed by atoms with Crippen LogP contribution in [-0.4, -0.2) is 49.8 Å². The number of carboxylic acids is 1. The molecule has 2 aromatic carbocycles. The van der Waals surface area contributed by atoms with Crippen LogP contribution in [0.1, 0.15) is 35.1 Å². The van der Waals surface area contributed by atoms with Crippen molar-refractivity contribution >= 4 is 5.97 Å². The van der Waals surface area contributed by atoms with Crippen molar-refractivity contribution in [1.82, 2.24) is 4.90 Å². The summed E-state index contributed by atoms with van der Waals surface area (Å²) in [5, 5.41) is 8.98. The van der Waals surface area contributed by atoms with Gasteiger partial charge < -0.3 is 20.5 Å². The number of hydrogen-bond donors (Lipinski definition) is 2. The van der Waals surface area contributed by atoms with E-state index in [-0.39, 0.29) is 6.42 Å². The first-order chi connectivity index (χ1) is 14.0. The van der Waals surface area contributed by atoms with E-state index in [9.17, 15) is 4.79 Å². The number of carbonyl (C=O) groups is 1. The third-order valence-corrected chi connectivity index (χ3v) is 4.84. The topological polar surface area (TPSA) is 75.8 Å². The molecule has 158 valence electrons. The third kappa shape index (κ3) is 8.67. The Morgan fingerprint density at radius 2 is 1.66 bits per heavy atom. The van der Waals surface area contributed by atoms with Gasteiger partial charge in [-0.15, -0.1) is 0 Å². The summed E-state index contributed by atoms with van der Waals surface area (Å²) in [6.45, 7) is 2.31. The lowest BCUT2D eigenvalue weighted by molar-refractivity contribution is -0.136. The van der Waals surface area contributed by atoms with Crippen LogP contribution in [-0.2, 0) is 30.5 Å². The molecule has 0 spiro atoms. The van der Waals surface area contributed by atoms with Gasteiger partial charge in [0, 0.05) is 13.0 Å². The second-order valence-corrected chi connectivity index (χ2v) is 7.70. The Bertz CT molecular complexity index is 774. The Kier molecular flexibility index (Phi) is 9.68. The van der Waals surface area contributed by atoms with Gasteiger partial charge in [0.1, 0.15) is 5.75 Å². The molecule has 0 atom stereocenters. The summed E-state index contributed by atoms with van der Waals surface area (Å²) in [4.78, 5) is 13.1. The number of rotatable bonds is 13. The average molecular weight is 399 g/mol. The van der Waals surface area contributed by atoms with Gasteiger partial charge >= 0.3 is 5.97 Å². The molecule has 5 nitrogen and oxygen atoms in total. The minimum Gasteiger partial charge on any atom is -0.493 e. The van der Waals surface area contributed by atoms with E-state index >= 15 is 0 Å². The van der Waals surface area contributed by atoms with Crippen molar-refractivity contribution in [1.29, 1.82) is 0 Å². The average Bonchev–Trinajstić information content (AvgIpc) is 2.69. The van der Waals surface area contributed by atoms with Crippen molar-refractivity contribution in [3.05, 3.63) is 64.7 Å². The Morgan fingerprint density at radius 3 is 2.31 bits per heavy atom. The highest BCUT2D eigenvalue weighted by Gasteiger charge is 2.07. The lowest BCUT2D eigenvalue weighted by Gasteiger charge is -2.14. The highest BCUT2D eigenvalue weighted by molar-refractivity contribution is 5.67. The molecule has 0 fully saturated rings. The summed E-state index contributed by atoms with van der Waals surface area (Å²) >= 11 is 0. The molecule has 5 heteroatoms. The largest absolute Gasteiger partial charge is 0.493 e. The first-order valence-corrected chi connectivity index (χ1v) is 10.4. The normalized spacial score (nSPS) is 11.0. The van der Waals surface area contributed by atoms with Gasteiger partial charge in [-0.05, 0) is 81.1 Å². The van der Waals surface area contributed by atoms with Gasteiger partial charge in [-0.2, -0.15) is 0 Å². The predicted octanol–water partition coefficient (Wildman–Crippen LogP) is 3.32. The summed E-state index contributed by atoms with van der Waals surface area (Å²) in [6.07, 6.45) is 4.27. The number of para-hydroxylation sites is 1. The molecule has 0 aliphatic heterocycles. The highest BCUT2D eigenvalue weighted by Crippen LogP contribution is 2.21. The monoisotopic (exact) mass is 398 g/mol. The zero-order valence-corrected chi connectivity index (χ0v) is 17.7. The molecule has 0 heterocycles. The lowest BCUT2D eigenvalue weighted by atomic mass is 9.96. The predicted molar refractivity (Wildman–Crippen MR) is 118 cm³/mol. The number of ether oxygens (including phenoxy) is 1. The summed E-state index contributed by atoms with van der Waals surface area (Å²) in [7, 11) is 4.13. The molecule has 0 unspecified atom stereocenters. The standard InChI is InChI=1S/C24H34N2O3/c1-26(2)14-5-15-29-23-7-4-3-6-22(23)10-8-19-16-20(9-11-24(27)28)18-21(17-19)12-13-25/h3-4,6-7,16-18H,5,8-15,25H2,1-2H3,(H,27,28). The van der Waals surface area contributed by atoms with Gasteiger partial charge in [-0.1, -0.05) is 36.4 Å². The van der Waals surface area contributed by atoms with Crippen LogP contribution in [0.2, 0.25) is 0 Å². The molecule has 0 aliphatic carbocycles. The Balaban J connectivity index is 2.03. The van der Waals surface area contributed by atoms with Crippen LogP contribution in [0.25, 0.3) is 0 Å². The van der Waals surface area contributed by atoms with E-state index in [2.05, 4.69) is 43.3 Å². The fraction of sp³-hybridized carbons (Fsp3) is 0.458. The van der Waals surface area contributed by atoms with Crippen molar-refractivity contribution < 1.29 is 14.6 Å². The smallest absolute Gasteiger partial charge is 0.303 e. The number of benzene rings is 2. The molecule has 3 N–H and O–H groups in total. The summed E-state index contributed by atoms with van der Waals surface area (Å²) < 4.78 is 6.02. The van der Waals surface area contributed by atoms with Gasteiger partial charge in [0.25, 0.3) is 0 Å². The van der Waals surface area contributed by atoms with E-state index in [1.165, 1.54) is 16.7 Å². The maximum atomic E-state index is 10.9. The van der Waals surface area contributed by atoms with Gasteiger partial charge in [-0.25, -0.2) is 0 Å². The van der Waals surface area contributed by atoms with E-state index in [0.29, 0.717) is 19.6 Å². The first-order valence-electron chi connectivity index (χ1n) is 10.4. The van der Waals surface area contributed by atoms with Gasteiger partial charge in [-0.3, -0.25) is 4.79 Å². The van der Waals surface area contributed by atoms with Gasteiger partial charge in [0.05, 0.1) is 6.61 Å². The van der Waals surface area contributed by atoms with E-state index in [1.54, 1.807) is 0 Å². The van der Waals surface area contributed by atoms with Crippen LogP contribution in [0.3, 0.4) is 0 Å². The van der Waals surface area contributed by atoms with Crippen LogP contribution in [0, 0.1) is 0 Å². The van der Waals surface area contributed by atoms with E-state index in [4.69, 9.17) is 15.6 Å². The summed E-state index contributed by atoms with van der Waals surface area (Å²) in [5.74, 6) is 0.187. The summed E-state index contributed by atoms with van der Waals surface area (Å²) in [5.41, 5.74) is 10.4. The maximum Gasteiger partial charge on any atom is 0.303 e. The zero-order chi connectivity index (χ0) is 21.1. The fourth-order valence-electron chi connectivity index (χ4n) is 3.38.